The highest BCUT2D eigenvalue weighted by atomic mass is 16.5. The van der Waals surface area contributed by atoms with Crippen LogP contribution in [0.15, 0.2) is 42.5 Å². The van der Waals surface area contributed by atoms with E-state index in [1.165, 1.54) is 0 Å². The summed E-state index contributed by atoms with van der Waals surface area (Å²) in [6.45, 7) is 3.98. The minimum Gasteiger partial charge on any atom is -0.495 e. The number of urea groups is 1. The first-order valence-corrected chi connectivity index (χ1v) is 6.38. The normalized spacial score (nSPS) is 9.95. The highest BCUT2D eigenvalue weighted by Gasteiger charge is 2.08. The Morgan fingerprint density at radius 1 is 1.00 bits per heavy atom. The molecule has 2 aromatic rings. The van der Waals surface area contributed by atoms with Crippen LogP contribution in [0.25, 0.3) is 0 Å². The Kier molecular flexibility index (Phi) is 4.25. The molecule has 0 spiro atoms. The molecule has 4 nitrogen and oxygen atoms in total. The van der Waals surface area contributed by atoms with E-state index >= 15 is 0 Å². The van der Waals surface area contributed by atoms with Crippen molar-refractivity contribution in [3.05, 3.63) is 53.6 Å². The Morgan fingerprint density at radius 3 is 2.40 bits per heavy atom. The Hall–Kier alpha value is -2.49. The molecule has 20 heavy (non-hydrogen) atoms. The largest absolute Gasteiger partial charge is 0.495 e. The average Bonchev–Trinajstić information content (AvgIpc) is 2.42. The lowest BCUT2D eigenvalue weighted by molar-refractivity contribution is 0.262. The van der Waals surface area contributed by atoms with Gasteiger partial charge in [0, 0.05) is 5.69 Å². The van der Waals surface area contributed by atoms with E-state index < -0.39 is 0 Å². The predicted molar refractivity (Wildman–Crippen MR) is 81.6 cm³/mol. The van der Waals surface area contributed by atoms with Gasteiger partial charge in [-0.05, 0) is 37.6 Å². The molecular formula is C16H18N2O2. The number of nitrogens with one attached hydrogen (secondary N) is 2. The minimum absolute atomic E-state index is 0.290. The smallest absolute Gasteiger partial charge is 0.323 e. The summed E-state index contributed by atoms with van der Waals surface area (Å²) < 4.78 is 5.19. The van der Waals surface area contributed by atoms with Crippen LogP contribution in [0.1, 0.15) is 11.1 Å². The molecule has 0 unspecified atom stereocenters. The van der Waals surface area contributed by atoms with Gasteiger partial charge in [0.05, 0.1) is 12.8 Å². The van der Waals surface area contributed by atoms with Gasteiger partial charge in [0.2, 0.25) is 0 Å². The topological polar surface area (TPSA) is 50.4 Å². The zero-order valence-electron chi connectivity index (χ0n) is 11.9. The molecule has 2 aromatic carbocycles. The number of hydrogen-bond acceptors (Lipinski definition) is 2. The number of rotatable bonds is 3. The number of carbonyl (C=O) groups excluding carboxylic acids is 1. The lowest BCUT2D eigenvalue weighted by Gasteiger charge is -2.12. The maximum atomic E-state index is 12.0. The number of hydrogen-bond donors (Lipinski definition) is 2. The van der Waals surface area contributed by atoms with Crippen molar-refractivity contribution < 1.29 is 9.53 Å². The third kappa shape index (κ3) is 3.29. The van der Waals surface area contributed by atoms with Gasteiger partial charge in [0.25, 0.3) is 0 Å². The van der Waals surface area contributed by atoms with Crippen LogP contribution < -0.4 is 15.4 Å². The first kappa shape index (κ1) is 13.9. The van der Waals surface area contributed by atoms with E-state index in [2.05, 4.69) is 10.6 Å². The first-order chi connectivity index (χ1) is 9.60. The summed E-state index contributed by atoms with van der Waals surface area (Å²) in [5.74, 6) is 0.628. The zero-order valence-corrected chi connectivity index (χ0v) is 11.9. The molecule has 2 amide bonds. The molecule has 0 heterocycles. The Bertz CT molecular complexity index is 624. The van der Waals surface area contributed by atoms with Crippen LogP contribution in [-0.4, -0.2) is 13.1 Å². The van der Waals surface area contributed by atoms with Crippen molar-refractivity contribution in [3.8, 4) is 5.75 Å². The van der Waals surface area contributed by atoms with E-state index in [9.17, 15) is 4.79 Å². The van der Waals surface area contributed by atoms with Gasteiger partial charge in [-0.1, -0.05) is 29.8 Å². The SMILES string of the molecule is COc1ccccc1NC(=O)Nc1ccc(C)cc1C. The van der Waals surface area contributed by atoms with Gasteiger partial charge in [0.1, 0.15) is 5.75 Å². The van der Waals surface area contributed by atoms with Crippen molar-refractivity contribution in [3.63, 3.8) is 0 Å². The number of amides is 2. The second kappa shape index (κ2) is 6.10. The number of ether oxygens (including phenoxy) is 1. The molecular weight excluding hydrogens is 252 g/mol. The third-order valence-corrected chi connectivity index (χ3v) is 2.99. The molecule has 104 valence electrons. The van der Waals surface area contributed by atoms with Gasteiger partial charge in [-0.3, -0.25) is 0 Å². The van der Waals surface area contributed by atoms with Gasteiger partial charge in [0.15, 0.2) is 0 Å². The van der Waals surface area contributed by atoms with Crippen LogP contribution in [0.3, 0.4) is 0 Å². The van der Waals surface area contributed by atoms with Crippen LogP contribution in [0, 0.1) is 13.8 Å². The molecule has 4 heteroatoms. The number of anilines is 2. The second-order valence-corrected chi connectivity index (χ2v) is 4.60. The monoisotopic (exact) mass is 270 g/mol. The molecule has 0 aliphatic heterocycles. The fourth-order valence-corrected chi connectivity index (χ4v) is 1.98. The van der Waals surface area contributed by atoms with Crippen molar-refractivity contribution in [1.29, 1.82) is 0 Å². The molecule has 0 radical (unpaired) electrons. The standard InChI is InChI=1S/C16H18N2O2/c1-11-8-9-13(12(2)10-11)17-16(19)18-14-6-4-5-7-15(14)20-3/h4-10H,1-3H3,(H2,17,18,19). The molecule has 0 saturated carbocycles. The van der Waals surface area contributed by atoms with Gasteiger partial charge in [-0.2, -0.15) is 0 Å². The van der Waals surface area contributed by atoms with Crippen molar-refractivity contribution in [1.82, 2.24) is 0 Å². The lowest BCUT2D eigenvalue weighted by Crippen LogP contribution is -2.20. The second-order valence-electron chi connectivity index (χ2n) is 4.60. The van der Waals surface area contributed by atoms with Crippen LogP contribution in [0.2, 0.25) is 0 Å². The fourth-order valence-electron chi connectivity index (χ4n) is 1.98. The van der Waals surface area contributed by atoms with Gasteiger partial charge in [-0.25, -0.2) is 4.79 Å². The molecule has 0 aromatic heterocycles. The van der Waals surface area contributed by atoms with E-state index in [1.807, 2.05) is 44.2 Å². The number of benzene rings is 2. The quantitative estimate of drug-likeness (QED) is 0.887. The van der Waals surface area contributed by atoms with E-state index in [4.69, 9.17) is 4.74 Å². The molecule has 0 atom stereocenters. The highest BCUT2D eigenvalue weighted by Crippen LogP contribution is 2.23. The molecule has 2 N–H and O–H groups in total. The van der Waals surface area contributed by atoms with E-state index in [1.54, 1.807) is 19.2 Å². The molecule has 0 fully saturated rings. The van der Waals surface area contributed by atoms with Crippen molar-refractivity contribution in [2.75, 3.05) is 17.7 Å². The first-order valence-electron chi connectivity index (χ1n) is 6.38. The van der Waals surface area contributed by atoms with Crippen molar-refractivity contribution >= 4 is 17.4 Å². The maximum Gasteiger partial charge on any atom is 0.323 e. The van der Waals surface area contributed by atoms with Crippen LogP contribution in [0.4, 0.5) is 16.2 Å². The summed E-state index contributed by atoms with van der Waals surface area (Å²) in [5.41, 5.74) is 3.62. The van der Waals surface area contributed by atoms with Gasteiger partial charge >= 0.3 is 6.03 Å². The highest BCUT2D eigenvalue weighted by molar-refractivity contribution is 6.01. The number of methoxy groups -OCH3 is 1. The van der Waals surface area contributed by atoms with E-state index in [0.717, 1.165) is 16.8 Å². The molecule has 0 bridgehead atoms. The predicted octanol–water partition coefficient (Wildman–Crippen LogP) is 3.96. The molecule has 0 aliphatic carbocycles. The number of aryl methyl sites for hydroxylation is 2. The minimum atomic E-state index is -0.290. The third-order valence-electron chi connectivity index (χ3n) is 2.99. The van der Waals surface area contributed by atoms with Gasteiger partial charge < -0.3 is 15.4 Å². The number of para-hydroxylation sites is 2. The van der Waals surface area contributed by atoms with Crippen molar-refractivity contribution in [2.45, 2.75) is 13.8 Å². The summed E-state index contributed by atoms with van der Waals surface area (Å²) in [6.07, 6.45) is 0. The van der Waals surface area contributed by atoms with Crippen molar-refractivity contribution in [2.24, 2.45) is 0 Å². The average molecular weight is 270 g/mol. The summed E-state index contributed by atoms with van der Waals surface area (Å²) in [5, 5.41) is 5.61. The van der Waals surface area contributed by atoms with Crippen LogP contribution in [0.5, 0.6) is 5.75 Å². The Labute approximate surface area is 118 Å². The fraction of sp³-hybridized carbons (Fsp3) is 0.188. The summed E-state index contributed by atoms with van der Waals surface area (Å²) in [4.78, 5) is 12.0. The van der Waals surface area contributed by atoms with Gasteiger partial charge in [-0.15, -0.1) is 0 Å². The Morgan fingerprint density at radius 2 is 1.70 bits per heavy atom. The lowest BCUT2D eigenvalue weighted by atomic mass is 10.1. The Balaban J connectivity index is 2.09. The van der Waals surface area contributed by atoms with Crippen LogP contribution >= 0.6 is 0 Å². The maximum absolute atomic E-state index is 12.0. The molecule has 2 rings (SSSR count). The number of carbonyl (C=O) groups is 1. The van der Waals surface area contributed by atoms with E-state index in [-0.39, 0.29) is 6.03 Å². The summed E-state index contributed by atoms with van der Waals surface area (Å²) in [7, 11) is 1.57. The summed E-state index contributed by atoms with van der Waals surface area (Å²) >= 11 is 0. The van der Waals surface area contributed by atoms with Crippen LogP contribution in [-0.2, 0) is 0 Å². The van der Waals surface area contributed by atoms with E-state index in [0.29, 0.717) is 11.4 Å². The zero-order chi connectivity index (χ0) is 14.5. The summed E-state index contributed by atoms with van der Waals surface area (Å²) in [6, 6.07) is 12.9. The molecule has 0 aliphatic rings. The molecule has 0 saturated heterocycles.